The Balaban J connectivity index is 2.07. The van der Waals surface area contributed by atoms with Crippen LogP contribution in [0.4, 0.5) is 4.79 Å². The number of rotatable bonds is 5. The van der Waals surface area contributed by atoms with Crippen molar-refractivity contribution < 1.29 is 19.1 Å². The van der Waals surface area contributed by atoms with Gasteiger partial charge >= 0.3 is 6.09 Å². The number of nitrogens with zero attached hydrogens (tertiary/aromatic N) is 2. The first-order valence-electron chi connectivity index (χ1n) is 9.24. The summed E-state index contributed by atoms with van der Waals surface area (Å²) in [6.07, 6.45) is -0.467. The number of nitrogens with one attached hydrogen (secondary N) is 1. The zero-order valence-corrected chi connectivity index (χ0v) is 16.9. The molecule has 1 fully saturated rings. The van der Waals surface area contributed by atoms with E-state index in [-0.39, 0.29) is 11.9 Å². The topological polar surface area (TPSA) is 71.1 Å². The number of alkyl carbamates (subject to hydrolysis) is 1. The first-order chi connectivity index (χ1) is 12.7. The van der Waals surface area contributed by atoms with Crippen LogP contribution in [-0.4, -0.2) is 73.8 Å². The maximum absolute atomic E-state index is 13.1. The van der Waals surface area contributed by atoms with Crippen molar-refractivity contribution in [1.29, 1.82) is 0 Å². The molecule has 0 bridgehead atoms. The van der Waals surface area contributed by atoms with Crippen molar-refractivity contribution in [2.24, 2.45) is 0 Å². The first kappa shape index (κ1) is 21.2. The second-order valence-corrected chi connectivity index (χ2v) is 7.93. The minimum absolute atomic E-state index is 0.0305. The van der Waals surface area contributed by atoms with Crippen molar-refractivity contribution in [3.63, 3.8) is 0 Å². The van der Waals surface area contributed by atoms with E-state index in [1.165, 1.54) is 0 Å². The number of piperazine rings is 1. The van der Waals surface area contributed by atoms with Crippen LogP contribution in [0.3, 0.4) is 0 Å². The van der Waals surface area contributed by atoms with Crippen LogP contribution in [0.2, 0.25) is 0 Å². The lowest BCUT2D eigenvalue weighted by atomic mass is 10.1. The van der Waals surface area contributed by atoms with E-state index in [4.69, 9.17) is 9.47 Å². The molecule has 0 aromatic heterocycles. The third kappa shape index (κ3) is 6.52. The Morgan fingerprint density at radius 2 is 2.00 bits per heavy atom. The average Bonchev–Trinajstić information content (AvgIpc) is 2.58. The lowest BCUT2D eigenvalue weighted by Gasteiger charge is -2.40. The Hall–Kier alpha value is -2.12. The molecule has 1 heterocycles. The van der Waals surface area contributed by atoms with E-state index < -0.39 is 11.7 Å². The number of carbonyl (C=O) groups is 2. The van der Waals surface area contributed by atoms with Crippen LogP contribution in [0, 0.1) is 0 Å². The smallest absolute Gasteiger partial charge is 0.407 e. The number of benzene rings is 1. The third-order valence-electron chi connectivity index (χ3n) is 4.31. The minimum Gasteiger partial charge on any atom is -0.444 e. The zero-order chi connectivity index (χ0) is 20.0. The van der Waals surface area contributed by atoms with Gasteiger partial charge in [0, 0.05) is 38.9 Å². The predicted octanol–water partition coefficient (Wildman–Crippen LogP) is 2.11. The van der Waals surface area contributed by atoms with Gasteiger partial charge in [-0.05, 0) is 45.5 Å². The molecule has 0 saturated carbocycles. The number of ether oxygens (including phenoxy) is 2. The highest BCUT2D eigenvalue weighted by Gasteiger charge is 2.30. The molecule has 1 atom stereocenters. The molecular weight excluding hydrogens is 346 g/mol. The van der Waals surface area contributed by atoms with Crippen LogP contribution < -0.4 is 5.32 Å². The summed E-state index contributed by atoms with van der Waals surface area (Å²) in [5.74, 6) is -0.0305. The van der Waals surface area contributed by atoms with Crippen LogP contribution in [0.5, 0.6) is 0 Å². The molecule has 1 saturated heterocycles. The standard InChI is InChI=1S/C20H31N3O4/c1-20(2,3)27-19(25)21-12-17-13-22(4)9-10-23(17)18(24)16-8-6-7-15(11-16)14-26-5/h6-8,11,17H,9-10,12-14H2,1-5H3,(H,21,25)/t17-/m0/s1. The van der Waals surface area contributed by atoms with Gasteiger partial charge in [-0.15, -0.1) is 0 Å². The minimum atomic E-state index is -0.551. The van der Waals surface area contributed by atoms with Crippen LogP contribution in [-0.2, 0) is 16.1 Å². The SMILES string of the molecule is COCc1cccc(C(=O)N2CCN(C)C[C@@H]2CNC(=O)OC(C)(C)C)c1. The third-order valence-corrected chi connectivity index (χ3v) is 4.31. The fourth-order valence-corrected chi connectivity index (χ4v) is 3.09. The molecule has 2 amide bonds. The Morgan fingerprint density at radius 3 is 2.67 bits per heavy atom. The lowest BCUT2D eigenvalue weighted by Crippen LogP contribution is -2.58. The van der Waals surface area contributed by atoms with E-state index >= 15 is 0 Å². The Morgan fingerprint density at radius 1 is 1.26 bits per heavy atom. The summed E-state index contributed by atoms with van der Waals surface area (Å²) < 4.78 is 10.5. The zero-order valence-electron chi connectivity index (χ0n) is 16.9. The molecule has 150 valence electrons. The molecule has 2 rings (SSSR count). The molecule has 27 heavy (non-hydrogen) atoms. The molecular formula is C20H31N3O4. The lowest BCUT2D eigenvalue weighted by molar-refractivity contribution is 0.0403. The van der Waals surface area contributed by atoms with Gasteiger partial charge in [0.1, 0.15) is 5.60 Å². The first-order valence-corrected chi connectivity index (χ1v) is 9.24. The van der Waals surface area contributed by atoms with E-state index in [0.29, 0.717) is 31.8 Å². The highest BCUT2D eigenvalue weighted by atomic mass is 16.6. The molecule has 7 heteroatoms. The van der Waals surface area contributed by atoms with Gasteiger partial charge in [-0.3, -0.25) is 4.79 Å². The summed E-state index contributed by atoms with van der Waals surface area (Å²) >= 11 is 0. The van der Waals surface area contributed by atoms with E-state index in [2.05, 4.69) is 10.2 Å². The largest absolute Gasteiger partial charge is 0.444 e. The molecule has 0 radical (unpaired) electrons. The molecule has 1 aromatic rings. The van der Waals surface area contributed by atoms with Gasteiger partial charge in [-0.1, -0.05) is 12.1 Å². The monoisotopic (exact) mass is 377 g/mol. The summed E-state index contributed by atoms with van der Waals surface area (Å²) in [5, 5.41) is 2.80. The highest BCUT2D eigenvalue weighted by Crippen LogP contribution is 2.15. The van der Waals surface area contributed by atoms with Crippen molar-refractivity contribution in [2.75, 3.05) is 40.3 Å². The maximum atomic E-state index is 13.1. The number of hydrogen-bond acceptors (Lipinski definition) is 5. The van der Waals surface area contributed by atoms with E-state index in [0.717, 1.165) is 12.1 Å². The normalized spacial score (nSPS) is 18.3. The summed E-state index contributed by atoms with van der Waals surface area (Å²) in [6, 6.07) is 7.37. The second-order valence-electron chi connectivity index (χ2n) is 7.93. The summed E-state index contributed by atoms with van der Waals surface area (Å²) in [7, 11) is 3.65. The van der Waals surface area contributed by atoms with Crippen molar-refractivity contribution >= 4 is 12.0 Å². The van der Waals surface area contributed by atoms with Crippen LogP contribution in [0.1, 0.15) is 36.7 Å². The van der Waals surface area contributed by atoms with Crippen molar-refractivity contribution in [3.8, 4) is 0 Å². The maximum Gasteiger partial charge on any atom is 0.407 e. The summed E-state index contributed by atoms with van der Waals surface area (Å²) in [6.45, 7) is 8.39. The van der Waals surface area contributed by atoms with Gasteiger partial charge in [0.05, 0.1) is 12.6 Å². The number of carbonyl (C=O) groups excluding carboxylic acids is 2. The molecule has 1 aliphatic rings. The van der Waals surface area contributed by atoms with Gasteiger partial charge in [0.25, 0.3) is 5.91 Å². The number of methoxy groups -OCH3 is 1. The number of likely N-dealkylation sites (N-methyl/N-ethyl adjacent to an activating group) is 1. The molecule has 0 spiro atoms. The number of amides is 2. The molecule has 0 aliphatic carbocycles. The fraction of sp³-hybridized carbons (Fsp3) is 0.600. The quantitative estimate of drug-likeness (QED) is 0.851. The number of hydrogen-bond donors (Lipinski definition) is 1. The second kappa shape index (κ2) is 9.19. The molecule has 1 aliphatic heterocycles. The van der Waals surface area contributed by atoms with E-state index in [9.17, 15) is 9.59 Å². The van der Waals surface area contributed by atoms with E-state index in [1.807, 2.05) is 57.0 Å². The van der Waals surface area contributed by atoms with Gasteiger partial charge in [-0.25, -0.2) is 4.79 Å². The molecule has 1 N–H and O–H groups in total. The Labute approximate surface area is 161 Å². The van der Waals surface area contributed by atoms with Crippen molar-refractivity contribution in [1.82, 2.24) is 15.1 Å². The Kier molecular flexibility index (Phi) is 7.21. The fourth-order valence-electron chi connectivity index (χ4n) is 3.09. The summed E-state index contributed by atoms with van der Waals surface area (Å²) in [4.78, 5) is 29.0. The van der Waals surface area contributed by atoms with Gasteiger partial charge in [0.15, 0.2) is 0 Å². The van der Waals surface area contributed by atoms with Gasteiger partial charge in [0.2, 0.25) is 0 Å². The summed E-state index contributed by atoms with van der Waals surface area (Å²) in [5.41, 5.74) is 1.04. The van der Waals surface area contributed by atoms with Crippen LogP contribution in [0.15, 0.2) is 24.3 Å². The van der Waals surface area contributed by atoms with Crippen molar-refractivity contribution in [3.05, 3.63) is 35.4 Å². The molecule has 7 nitrogen and oxygen atoms in total. The highest BCUT2D eigenvalue weighted by molar-refractivity contribution is 5.94. The van der Waals surface area contributed by atoms with E-state index in [1.54, 1.807) is 7.11 Å². The predicted molar refractivity (Wildman–Crippen MR) is 104 cm³/mol. The van der Waals surface area contributed by atoms with Gasteiger partial charge in [-0.2, -0.15) is 0 Å². The van der Waals surface area contributed by atoms with Gasteiger partial charge < -0.3 is 24.6 Å². The van der Waals surface area contributed by atoms with Crippen LogP contribution in [0.25, 0.3) is 0 Å². The molecule has 0 unspecified atom stereocenters. The van der Waals surface area contributed by atoms with Crippen molar-refractivity contribution in [2.45, 2.75) is 39.0 Å². The Bertz CT molecular complexity index is 657. The molecule has 1 aromatic carbocycles. The average molecular weight is 377 g/mol. The van der Waals surface area contributed by atoms with Crippen LogP contribution >= 0.6 is 0 Å².